The summed E-state index contributed by atoms with van der Waals surface area (Å²) in [5.74, 6) is -0.657. The molecule has 1 aliphatic rings. The number of ether oxygens (including phenoxy) is 3. The number of carbonyl (C=O) groups excluding carboxylic acids is 2. The van der Waals surface area contributed by atoms with Crippen molar-refractivity contribution in [3.8, 4) is 0 Å². The number of amides is 1. The van der Waals surface area contributed by atoms with E-state index in [9.17, 15) is 19.8 Å². The predicted octanol–water partition coefficient (Wildman–Crippen LogP) is 0.550. The molecule has 0 bridgehead atoms. The minimum absolute atomic E-state index is 0.0637. The normalized spacial score (nSPS) is 25.7. The highest BCUT2D eigenvalue weighted by atomic mass is 16.7. The van der Waals surface area contributed by atoms with Crippen molar-refractivity contribution in [2.45, 2.75) is 71.5 Å². The van der Waals surface area contributed by atoms with Gasteiger partial charge in [0.15, 0.2) is 12.6 Å². The van der Waals surface area contributed by atoms with Crippen molar-refractivity contribution in [1.29, 1.82) is 0 Å². The summed E-state index contributed by atoms with van der Waals surface area (Å²) in [5, 5.41) is 28.0. The lowest BCUT2D eigenvalue weighted by atomic mass is 9.93. The van der Waals surface area contributed by atoms with E-state index in [0.717, 1.165) is 0 Å². The average Bonchev–Trinajstić information content (AvgIpc) is 3.33. The number of rotatable bonds is 8. The number of aliphatic hydroxyl groups is 2. The molecule has 12 heteroatoms. The molecule has 2 aromatic rings. The number of nitrogens with two attached hydrogens (primary N) is 1. The van der Waals surface area contributed by atoms with Gasteiger partial charge in [-0.2, -0.15) is 5.10 Å². The van der Waals surface area contributed by atoms with Crippen LogP contribution in [0.4, 0.5) is 5.82 Å². The fraction of sp³-hybridized carbons (Fsp3) is 0.652. The van der Waals surface area contributed by atoms with Crippen LogP contribution in [0.15, 0.2) is 18.5 Å². The molecule has 35 heavy (non-hydrogen) atoms. The molecule has 0 aliphatic carbocycles. The molecule has 0 unspecified atom stereocenters. The summed E-state index contributed by atoms with van der Waals surface area (Å²) in [7, 11) is 0. The molecule has 0 radical (unpaired) electrons. The third kappa shape index (κ3) is 5.31. The zero-order valence-corrected chi connectivity index (χ0v) is 20.9. The summed E-state index contributed by atoms with van der Waals surface area (Å²) in [4.78, 5) is 28.6. The third-order valence-corrected chi connectivity index (χ3v) is 6.10. The molecule has 194 valence electrons. The maximum atomic E-state index is 12.5. The number of nitrogens with one attached hydrogen (secondary N) is 1. The van der Waals surface area contributed by atoms with Gasteiger partial charge >= 0.3 is 5.97 Å². The summed E-state index contributed by atoms with van der Waals surface area (Å²) in [6.45, 7) is 9.62. The number of nitrogens with zero attached hydrogens (tertiary/aromatic N) is 3. The van der Waals surface area contributed by atoms with Gasteiger partial charge in [0, 0.05) is 0 Å². The molecular weight excluding hydrogens is 458 g/mol. The molecule has 5 N–H and O–H groups in total. The zero-order valence-electron chi connectivity index (χ0n) is 20.9. The standard InChI is InChI=1S/C23H35N5O7/c1-12(2)16(24)20(31)27-19-13-7-8-15(28(13)26-10-25-19)23(6)18(30)17(14(9-29)35-23)33-11-34-21(32)22(3,4)5/h7-8,10,12,14,16-18,29-30H,9,11,24H2,1-6H3,(H,25,26,27,31)/t14-,16+,17-,18-,23+/m1/s1. The topological polar surface area (TPSA) is 171 Å². The second-order valence-corrected chi connectivity index (χ2v) is 10.2. The molecule has 0 saturated carbocycles. The smallest absolute Gasteiger partial charge is 0.313 e. The summed E-state index contributed by atoms with van der Waals surface area (Å²) >= 11 is 0. The van der Waals surface area contributed by atoms with Crippen molar-refractivity contribution in [2.75, 3.05) is 18.7 Å². The van der Waals surface area contributed by atoms with Gasteiger partial charge < -0.3 is 35.5 Å². The van der Waals surface area contributed by atoms with Crippen molar-refractivity contribution < 1.29 is 34.0 Å². The van der Waals surface area contributed by atoms with E-state index in [-0.39, 0.29) is 17.6 Å². The fourth-order valence-electron chi connectivity index (χ4n) is 3.81. The van der Waals surface area contributed by atoms with Crippen LogP contribution in [0.5, 0.6) is 0 Å². The minimum Gasteiger partial charge on any atom is -0.438 e. The van der Waals surface area contributed by atoms with Crippen LogP contribution in [0.1, 0.15) is 47.2 Å². The molecule has 0 aromatic carbocycles. The number of hydrogen-bond donors (Lipinski definition) is 4. The first-order chi connectivity index (χ1) is 16.3. The lowest BCUT2D eigenvalue weighted by molar-refractivity contribution is -0.177. The van der Waals surface area contributed by atoms with Crippen LogP contribution in [0.2, 0.25) is 0 Å². The van der Waals surface area contributed by atoms with E-state index in [1.54, 1.807) is 39.8 Å². The Hall–Kier alpha value is -2.64. The fourth-order valence-corrected chi connectivity index (χ4v) is 3.81. The van der Waals surface area contributed by atoms with Crippen molar-refractivity contribution in [3.05, 3.63) is 24.2 Å². The Morgan fingerprint density at radius 2 is 2.03 bits per heavy atom. The van der Waals surface area contributed by atoms with E-state index in [1.807, 2.05) is 13.8 Å². The van der Waals surface area contributed by atoms with Crippen LogP contribution in [0, 0.1) is 11.3 Å². The number of anilines is 1. The van der Waals surface area contributed by atoms with Gasteiger partial charge in [-0.25, -0.2) is 9.50 Å². The van der Waals surface area contributed by atoms with E-state index in [0.29, 0.717) is 11.2 Å². The van der Waals surface area contributed by atoms with Gasteiger partial charge in [0.05, 0.1) is 23.8 Å². The SMILES string of the molecule is CC(C)[C@H](N)C(=O)Nc1ncnn2c([C@]3(C)O[C@H](CO)[C@@H](OCOC(=O)C(C)(C)C)[C@H]3O)ccc12. The lowest BCUT2D eigenvalue weighted by Gasteiger charge is -2.28. The predicted molar refractivity (Wildman–Crippen MR) is 125 cm³/mol. The van der Waals surface area contributed by atoms with Gasteiger partial charge in [0.25, 0.3) is 0 Å². The summed E-state index contributed by atoms with van der Waals surface area (Å²) in [5.41, 5.74) is 4.79. The molecule has 3 rings (SSSR count). The molecule has 1 aliphatic heterocycles. The maximum absolute atomic E-state index is 12.5. The van der Waals surface area contributed by atoms with Crippen LogP contribution in [0.3, 0.4) is 0 Å². The highest BCUT2D eigenvalue weighted by Gasteiger charge is 2.54. The first-order valence-corrected chi connectivity index (χ1v) is 11.5. The highest BCUT2D eigenvalue weighted by molar-refractivity contribution is 5.97. The average molecular weight is 494 g/mol. The van der Waals surface area contributed by atoms with Gasteiger partial charge in [-0.15, -0.1) is 0 Å². The van der Waals surface area contributed by atoms with E-state index in [4.69, 9.17) is 19.9 Å². The quantitative estimate of drug-likeness (QED) is 0.301. The first-order valence-electron chi connectivity index (χ1n) is 11.5. The Balaban J connectivity index is 1.84. The molecule has 5 atom stereocenters. The largest absolute Gasteiger partial charge is 0.438 e. The highest BCUT2D eigenvalue weighted by Crippen LogP contribution is 2.41. The number of aromatic nitrogens is 3. The lowest BCUT2D eigenvalue weighted by Crippen LogP contribution is -2.42. The maximum Gasteiger partial charge on any atom is 0.313 e. The minimum atomic E-state index is -1.34. The van der Waals surface area contributed by atoms with Gasteiger partial charge in [-0.05, 0) is 45.7 Å². The Morgan fingerprint density at radius 1 is 1.34 bits per heavy atom. The molecule has 1 saturated heterocycles. The first kappa shape index (κ1) is 27.0. The zero-order chi connectivity index (χ0) is 26.1. The Labute approximate surface area is 203 Å². The van der Waals surface area contributed by atoms with Crippen LogP contribution in [-0.2, 0) is 29.4 Å². The summed E-state index contributed by atoms with van der Waals surface area (Å²) < 4.78 is 18.3. The third-order valence-electron chi connectivity index (χ3n) is 6.10. The number of esters is 1. The van der Waals surface area contributed by atoms with Crippen molar-refractivity contribution in [2.24, 2.45) is 17.1 Å². The number of carbonyl (C=O) groups is 2. The van der Waals surface area contributed by atoms with Crippen molar-refractivity contribution in [3.63, 3.8) is 0 Å². The second kappa shape index (κ2) is 10.2. The Morgan fingerprint density at radius 3 is 2.63 bits per heavy atom. The van der Waals surface area contributed by atoms with Gasteiger partial charge in [-0.3, -0.25) is 9.59 Å². The van der Waals surface area contributed by atoms with E-state index < -0.39 is 54.7 Å². The van der Waals surface area contributed by atoms with Crippen molar-refractivity contribution in [1.82, 2.24) is 14.6 Å². The van der Waals surface area contributed by atoms with E-state index >= 15 is 0 Å². The monoisotopic (exact) mass is 493 g/mol. The van der Waals surface area contributed by atoms with E-state index in [2.05, 4.69) is 15.4 Å². The number of hydrogen-bond acceptors (Lipinski definition) is 10. The molecule has 12 nitrogen and oxygen atoms in total. The van der Waals surface area contributed by atoms with Gasteiger partial charge in [0.2, 0.25) is 5.91 Å². The molecule has 1 fully saturated rings. The molecule has 3 heterocycles. The Kier molecular flexibility index (Phi) is 7.82. The summed E-state index contributed by atoms with van der Waals surface area (Å²) in [6, 6.07) is 2.65. The van der Waals surface area contributed by atoms with Crippen molar-refractivity contribution >= 4 is 23.2 Å². The summed E-state index contributed by atoms with van der Waals surface area (Å²) in [6.07, 6.45) is -1.85. The van der Waals surface area contributed by atoms with Crippen LogP contribution in [0.25, 0.3) is 5.52 Å². The molecule has 2 aromatic heterocycles. The van der Waals surface area contributed by atoms with Crippen LogP contribution in [-0.4, -0.2) is 74.4 Å². The number of fused-ring (bicyclic) bond motifs is 1. The van der Waals surface area contributed by atoms with Gasteiger partial charge in [-0.1, -0.05) is 13.8 Å². The van der Waals surface area contributed by atoms with Crippen LogP contribution < -0.4 is 11.1 Å². The molecule has 0 spiro atoms. The van der Waals surface area contributed by atoms with E-state index in [1.165, 1.54) is 10.8 Å². The Bertz CT molecular complexity index is 1070. The second-order valence-electron chi connectivity index (χ2n) is 10.2. The van der Waals surface area contributed by atoms with Crippen LogP contribution >= 0.6 is 0 Å². The molecular formula is C23H35N5O7. The molecule has 1 amide bonds. The van der Waals surface area contributed by atoms with Gasteiger partial charge in [0.1, 0.15) is 35.8 Å². The number of aliphatic hydroxyl groups excluding tert-OH is 2.